The number of carbonyl (C=O) groups is 2. The summed E-state index contributed by atoms with van der Waals surface area (Å²) in [6.45, 7) is 2.16. The third kappa shape index (κ3) is 5.48. The van der Waals surface area contributed by atoms with Gasteiger partial charge in [0.25, 0.3) is 0 Å². The number of ether oxygens (including phenoxy) is 2. The van der Waals surface area contributed by atoms with Crippen molar-refractivity contribution in [1.82, 2.24) is 9.55 Å². The van der Waals surface area contributed by atoms with Crippen molar-refractivity contribution in [3.05, 3.63) is 22.7 Å². The molecule has 2 rings (SSSR count). The Morgan fingerprint density at radius 1 is 1.47 bits per heavy atom. The van der Waals surface area contributed by atoms with Gasteiger partial charge in [-0.1, -0.05) is 0 Å². The van der Waals surface area contributed by atoms with Gasteiger partial charge >= 0.3 is 19.3 Å². The molecular formula is C16H22F2N3O8P. The Kier molecular flexibility index (Phi) is 7.12. The maximum Gasteiger partial charge on any atom is 0.359 e. The van der Waals surface area contributed by atoms with Crippen molar-refractivity contribution in [2.45, 2.75) is 63.1 Å². The zero-order valence-electron chi connectivity index (χ0n) is 16.1. The van der Waals surface area contributed by atoms with E-state index in [1.54, 1.807) is 0 Å². The van der Waals surface area contributed by atoms with Crippen molar-refractivity contribution in [3.63, 3.8) is 0 Å². The number of esters is 1. The summed E-state index contributed by atoms with van der Waals surface area (Å²) >= 11 is 0. The van der Waals surface area contributed by atoms with Crippen molar-refractivity contribution in [2.75, 3.05) is 5.73 Å². The van der Waals surface area contributed by atoms with Gasteiger partial charge in [-0.05, 0) is 19.9 Å². The number of aromatic nitrogens is 2. The minimum Gasteiger partial charge on any atom is -0.456 e. The highest BCUT2D eigenvalue weighted by Crippen LogP contribution is 2.49. The lowest BCUT2D eigenvalue weighted by Crippen LogP contribution is -2.45. The summed E-state index contributed by atoms with van der Waals surface area (Å²) in [5.74, 6) is -4.19. The highest BCUT2D eigenvalue weighted by atomic mass is 31.2. The first-order valence-electron chi connectivity index (χ1n) is 8.80. The van der Waals surface area contributed by atoms with E-state index in [-0.39, 0.29) is 24.4 Å². The molecule has 168 valence electrons. The van der Waals surface area contributed by atoms with Gasteiger partial charge in [0.15, 0.2) is 18.0 Å². The van der Waals surface area contributed by atoms with Gasteiger partial charge in [-0.25, -0.2) is 13.6 Å². The molecule has 14 heteroatoms. The maximum atomic E-state index is 15.7. The Labute approximate surface area is 169 Å². The first-order valence-corrected chi connectivity index (χ1v) is 10.5. The molecule has 1 unspecified atom stereocenters. The number of nitrogens with zero attached hydrogens (tertiary/aromatic N) is 2. The summed E-state index contributed by atoms with van der Waals surface area (Å²) in [6.07, 6.45) is -5.73. The van der Waals surface area contributed by atoms with E-state index in [0.29, 0.717) is 4.57 Å². The molecule has 0 saturated carbocycles. The van der Waals surface area contributed by atoms with Crippen molar-refractivity contribution >= 4 is 25.2 Å². The summed E-state index contributed by atoms with van der Waals surface area (Å²) < 4.78 is 51.9. The van der Waals surface area contributed by atoms with E-state index in [0.717, 1.165) is 13.1 Å². The van der Waals surface area contributed by atoms with Gasteiger partial charge in [0.05, 0.1) is 6.42 Å². The lowest BCUT2D eigenvalue weighted by molar-refractivity contribution is -0.158. The van der Waals surface area contributed by atoms with Crippen LogP contribution < -0.4 is 11.4 Å². The first kappa shape index (κ1) is 24.1. The van der Waals surface area contributed by atoms with Crippen LogP contribution in [0, 0.1) is 0 Å². The number of hydrogen-bond donors (Lipinski definition) is 3. The number of alkyl halides is 2. The molecule has 0 amide bonds. The molecule has 0 aliphatic carbocycles. The third-order valence-electron chi connectivity index (χ3n) is 4.52. The fourth-order valence-corrected chi connectivity index (χ4v) is 3.48. The summed E-state index contributed by atoms with van der Waals surface area (Å²) in [7, 11) is -5.20. The molecule has 0 radical (unpaired) electrons. The molecule has 0 bridgehead atoms. The van der Waals surface area contributed by atoms with E-state index in [2.05, 4.69) is 4.98 Å². The smallest absolute Gasteiger partial charge is 0.359 e. The van der Waals surface area contributed by atoms with Crippen LogP contribution in [0.1, 0.15) is 39.3 Å². The van der Waals surface area contributed by atoms with Crippen LogP contribution in [0.15, 0.2) is 17.1 Å². The Balaban J connectivity index is 2.36. The minimum atomic E-state index is -5.20. The summed E-state index contributed by atoms with van der Waals surface area (Å²) in [5.41, 5.74) is 1.77. The van der Waals surface area contributed by atoms with Crippen molar-refractivity contribution in [2.24, 2.45) is 0 Å². The van der Waals surface area contributed by atoms with Crippen molar-refractivity contribution in [3.8, 4) is 0 Å². The normalized spacial score (nSPS) is 27.6. The zero-order chi connectivity index (χ0) is 22.9. The maximum absolute atomic E-state index is 15.7. The Morgan fingerprint density at radius 3 is 2.63 bits per heavy atom. The monoisotopic (exact) mass is 453 g/mol. The molecule has 2 heterocycles. The quantitative estimate of drug-likeness (QED) is 0.374. The van der Waals surface area contributed by atoms with Crippen LogP contribution in [-0.4, -0.2) is 54.9 Å². The van der Waals surface area contributed by atoms with Crippen molar-refractivity contribution in [1.29, 1.82) is 0 Å². The number of carbonyl (C=O) groups excluding carboxylic acids is 2. The van der Waals surface area contributed by atoms with E-state index >= 15 is 4.39 Å². The average Bonchev–Trinajstić information content (AvgIpc) is 2.83. The molecule has 1 aromatic rings. The topological polar surface area (TPSA) is 171 Å². The molecular weight excluding hydrogens is 431 g/mol. The fourth-order valence-electron chi connectivity index (χ4n) is 2.99. The van der Waals surface area contributed by atoms with Crippen LogP contribution >= 0.6 is 7.60 Å². The largest absolute Gasteiger partial charge is 0.456 e. The number of rotatable bonds is 8. The van der Waals surface area contributed by atoms with Gasteiger partial charge in [0, 0.05) is 19.0 Å². The lowest BCUT2D eigenvalue weighted by Gasteiger charge is -2.28. The molecule has 4 N–H and O–H groups in total. The van der Waals surface area contributed by atoms with Crippen LogP contribution in [-0.2, 0) is 23.6 Å². The number of nitrogens with two attached hydrogens (primary N) is 1. The predicted octanol–water partition coefficient (Wildman–Crippen LogP) is 0.595. The van der Waals surface area contributed by atoms with E-state index in [1.807, 2.05) is 0 Å². The van der Waals surface area contributed by atoms with E-state index in [9.17, 15) is 23.3 Å². The number of ketones is 1. The molecule has 1 fully saturated rings. The van der Waals surface area contributed by atoms with Gasteiger partial charge in [-0.15, -0.1) is 0 Å². The Hall–Kier alpha value is -2.21. The predicted molar refractivity (Wildman–Crippen MR) is 97.7 cm³/mol. The first-order chi connectivity index (χ1) is 13.7. The van der Waals surface area contributed by atoms with Gasteiger partial charge < -0.3 is 29.8 Å². The van der Waals surface area contributed by atoms with Crippen LogP contribution in [0.5, 0.6) is 0 Å². The molecule has 1 saturated heterocycles. The Bertz CT molecular complexity index is 918. The van der Waals surface area contributed by atoms with Crippen molar-refractivity contribution < 1.29 is 42.2 Å². The summed E-state index contributed by atoms with van der Waals surface area (Å²) in [4.78, 5) is 56.6. The highest BCUT2D eigenvalue weighted by molar-refractivity contribution is 7.52. The molecule has 30 heavy (non-hydrogen) atoms. The van der Waals surface area contributed by atoms with Gasteiger partial charge in [0.1, 0.15) is 17.7 Å². The van der Waals surface area contributed by atoms with E-state index < -0.39 is 55.7 Å². The molecule has 5 atom stereocenters. The molecule has 1 aliphatic rings. The number of Topliss-reactive ketones (excluding diaryl/α,β-unsaturated/α-hetero) is 1. The molecule has 1 aromatic heterocycles. The highest BCUT2D eigenvalue weighted by Gasteiger charge is 2.59. The average molecular weight is 453 g/mol. The van der Waals surface area contributed by atoms with Gasteiger partial charge in [-0.2, -0.15) is 4.98 Å². The second-order valence-corrected chi connectivity index (χ2v) is 8.83. The minimum absolute atomic E-state index is 0.149. The van der Waals surface area contributed by atoms with Crippen LogP contribution in [0.2, 0.25) is 0 Å². The second kappa shape index (κ2) is 8.88. The van der Waals surface area contributed by atoms with Crippen LogP contribution in [0.3, 0.4) is 0 Å². The number of halogens is 2. The van der Waals surface area contributed by atoms with E-state index in [4.69, 9.17) is 25.0 Å². The molecule has 1 aliphatic heterocycles. The summed E-state index contributed by atoms with van der Waals surface area (Å²) in [6, 6.07) is 1.18. The Morgan fingerprint density at radius 2 is 2.10 bits per heavy atom. The molecule has 0 spiro atoms. The molecule has 11 nitrogen and oxygen atoms in total. The lowest BCUT2D eigenvalue weighted by atomic mass is 9.96. The fraction of sp³-hybridized carbons (Fsp3) is 0.625. The van der Waals surface area contributed by atoms with Gasteiger partial charge in [0.2, 0.25) is 5.91 Å². The van der Waals surface area contributed by atoms with Gasteiger partial charge in [-0.3, -0.25) is 13.9 Å². The van der Waals surface area contributed by atoms with E-state index in [1.165, 1.54) is 13.0 Å². The number of nitrogen functional groups attached to an aromatic ring is 1. The van der Waals surface area contributed by atoms with Crippen LogP contribution in [0.25, 0.3) is 0 Å². The number of hydrogen-bond acceptors (Lipinski definition) is 8. The summed E-state index contributed by atoms with van der Waals surface area (Å²) in [5, 5.41) is 0. The third-order valence-corrected chi connectivity index (χ3v) is 5.46. The number of anilines is 1. The standard InChI is InChI=1S/C16H22F2N3O8P/c1-8(22)3-4-12(23)29-13-9(7-10(17)30(25,26)27)28-14(16(13,2)18)21-6-5-11(19)20-15(21)24/h5-6,9-10,13-14H,3-4,7H2,1-2H3,(H2,19,20,24)(H2,25,26,27)/t9-,10?,13-,14-,16-/m1/s1. The SMILES string of the molecule is CC(=O)CCC(=O)O[C@@H]1[C@@H](CC(F)P(=O)(O)O)O[C@@H](n2ccc(N)nc2=O)[C@]1(C)F. The zero-order valence-corrected chi connectivity index (χ0v) is 17.0. The molecule has 0 aromatic carbocycles. The van der Waals surface area contributed by atoms with Crippen LogP contribution in [0.4, 0.5) is 14.6 Å². The second-order valence-electron chi connectivity index (χ2n) is 7.09.